The molecule has 4 aromatic rings. The molecule has 1 aromatic heterocycles. The predicted molar refractivity (Wildman–Crippen MR) is 164 cm³/mol. The summed E-state index contributed by atoms with van der Waals surface area (Å²) in [6, 6.07) is 13.4. The summed E-state index contributed by atoms with van der Waals surface area (Å²) in [5.41, 5.74) is 4.09. The number of carbonyl (C=O) groups excluding carboxylic acids is 2. The van der Waals surface area contributed by atoms with Gasteiger partial charge in [-0.25, -0.2) is 0 Å². The van der Waals surface area contributed by atoms with Crippen LogP contribution in [0.3, 0.4) is 0 Å². The maximum Gasteiger partial charge on any atom is 0.243 e. The number of hydrogen-bond acceptors (Lipinski definition) is 10. The van der Waals surface area contributed by atoms with E-state index in [1.165, 1.54) is 24.9 Å². The van der Waals surface area contributed by atoms with Crippen LogP contribution in [0, 0.1) is 0 Å². The first-order chi connectivity index (χ1) is 21.2. The number of amides is 2. The molecule has 3 aromatic carbocycles. The number of benzene rings is 2. The van der Waals surface area contributed by atoms with Gasteiger partial charge in [-0.15, -0.1) is 10.2 Å². The molecule has 1 aliphatic rings. The number of hydrogen-bond donors (Lipinski definition) is 3. The second-order valence-electron chi connectivity index (χ2n) is 10.2. The molecule has 0 aliphatic heterocycles. The third-order valence-electron chi connectivity index (χ3n) is 7.27. The van der Waals surface area contributed by atoms with Crippen molar-refractivity contribution in [3.8, 4) is 39.8 Å². The lowest BCUT2D eigenvalue weighted by Gasteiger charge is -2.19. The van der Waals surface area contributed by atoms with Crippen molar-refractivity contribution in [3.05, 3.63) is 69.9 Å². The number of anilines is 2. The Balaban J connectivity index is 1.47. The highest BCUT2D eigenvalue weighted by Crippen LogP contribution is 2.50. The zero-order chi connectivity index (χ0) is 31.4. The zero-order valence-corrected chi connectivity index (χ0v) is 25.1. The lowest BCUT2D eigenvalue weighted by molar-refractivity contribution is -0.119. The highest BCUT2D eigenvalue weighted by Gasteiger charge is 2.29. The molecule has 0 fully saturated rings. The van der Waals surface area contributed by atoms with Gasteiger partial charge in [0.2, 0.25) is 28.8 Å². The van der Waals surface area contributed by atoms with Gasteiger partial charge >= 0.3 is 0 Å². The standard InChI is InChI=1S/C31H33N7O6/c1-17(39)33-23-11-9-18-14-26(42-3)29(43-4)30(44-5)28(18)21-10-12-24(25(40)15-22(21)23)32-16-27(41)34-20-8-6-7-19(13-20)31-35-37-38(2)36-31/h6-8,10,12-15,23H,9,11,16H2,1-5H3,(H,32,40)(H,33,39)(H,34,41)/t23-/m0/s1. The van der Waals surface area contributed by atoms with Gasteiger partial charge in [0.15, 0.2) is 11.5 Å². The van der Waals surface area contributed by atoms with E-state index in [9.17, 15) is 14.4 Å². The number of fused-ring (bicyclic) bond motifs is 3. The van der Waals surface area contributed by atoms with Crippen LogP contribution in [0.5, 0.6) is 17.2 Å². The SMILES string of the molecule is COc1cc2c(c(OC)c1OC)-c1ccc(NCC(=O)Nc3cccc(-c4nnn(C)n4)c3)c(=O)cc1[C@@H](NC(C)=O)CC2. The van der Waals surface area contributed by atoms with Crippen LogP contribution in [0.1, 0.15) is 30.5 Å². The molecule has 3 N–H and O–H groups in total. The minimum absolute atomic E-state index is 0.169. The van der Waals surface area contributed by atoms with E-state index in [1.54, 1.807) is 51.6 Å². The average Bonchev–Trinajstić information content (AvgIpc) is 3.31. The van der Waals surface area contributed by atoms with Crippen LogP contribution >= 0.6 is 0 Å². The molecule has 0 saturated carbocycles. The second-order valence-corrected chi connectivity index (χ2v) is 10.2. The highest BCUT2D eigenvalue weighted by atomic mass is 16.5. The summed E-state index contributed by atoms with van der Waals surface area (Å²) in [6.07, 6.45) is 1.12. The van der Waals surface area contributed by atoms with Gasteiger partial charge in [0.1, 0.15) is 0 Å². The average molecular weight is 600 g/mol. The third-order valence-corrected chi connectivity index (χ3v) is 7.27. The summed E-state index contributed by atoms with van der Waals surface area (Å²) < 4.78 is 17.0. The van der Waals surface area contributed by atoms with Crippen molar-refractivity contribution in [1.29, 1.82) is 0 Å². The number of aromatic nitrogens is 4. The summed E-state index contributed by atoms with van der Waals surface area (Å²) in [5.74, 6) is 1.24. The van der Waals surface area contributed by atoms with E-state index in [4.69, 9.17) is 14.2 Å². The first-order valence-corrected chi connectivity index (χ1v) is 13.9. The molecule has 1 atom stereocenters. The van der Waals surface area contributed by atoms with Crippen LogP contribution in [0.25, 0.3) is 22.5 Å². The largest absolute Gasteiger partial charge is 0.493 e. The molecule has 13 nitrogen and oxygen atoms in total. The number of nitrogens with one attached hydrogen (secondary N) is 3. The van der Waals surface area contributed by atoms with Gasteiger partial charge in [-0.1, -0.05) is 18.2 Å². The smallest absolute Gasteiger partial charge is 0.243 e. The molecular weight excluding hydrogens is 566 g/mol. The van der Waals surface area contributed by atoms with E-state index >= 15 is 0 Å². The van der Waals surface area contributed by atoms with E-state index in [2.05, 4.69) is 31.4 Å². The number of ether oxygens (including phenoxy) is 3. The van der Waals surface area contributed by atoms with Crippen LogP contribution < -0.4 is 35.6 Å². The van der Waals surface area contributed by atoms with Crippen LogP contribution in [0.2, 0.25) is 0 Å². The van der Waals surface area contributed by atoms with Crippen molar-refractivity contribution < 1.29 is 23.8 Å². The number of tetrazole rings is 1. The van der Waals surface area contributed by atoms with E-state index < -0.39 is 6.04 Å². The Labute approximate surface area is 253 Å². The van der Waals surface area contributed by atoms with Gasteiger partial charge in [-0.2, -0.15) is 4.80 Å². The number of aryl methyl sites for hydroxylation is 2. The summed E-state index contributed by atoms with van der Waals surface area (Å²) >= 11 is 0. The maximum atomic E-state index is 13.5. The van der Waals surface area contributed by atoms with Gasteiger partial charge in [0, 0.05) is 23.7 Å². The van der Waals surface area contributed by atoms with Crippen molar-refractivity contribution in [1.82, 2.24) is 25.5 Å². The first-order valence-electron chi connectivity index (χ1n) is 13.9. The second kappa shape index (κ2) is 12.8. The number of nitrogens with zero attached hydrogens (tertiary/aromatic N) is 4. The van der Waals surface area contributed by atoms with Gasteiger partial charge in [-0.05, 0) is 65.1 Å². The predicted octanol–water partition coefficient (Wildman–Crippen LogP) is 3.10. The molecule has 1 aliphatic carbocycles. The fraction of sp³-hybridized carbons (Fsp3) is 0.290. The topological polar surface area (TPSA) is 159 Å². The van der Waals surface area contributed by atoms with Crippen molar-refractivity contribution in [2.45, 2.75) is 25.8 Å². The van der Waals surface area contributed by atoms with E-state index in [-0.39, 0.29) is 29.5 Å². The van der Waals surface area contributed by atoms with E-state index in [0.29, 0.717) is 58.3 Å². The summed E-state index contributed by atoms with van der Waals surface area (Å²) in [4.78, 5) is 39.9. The van der Waals surface area contributed by atoms with E-state index in [1.807, 2.05) is 12.1 Å². The molecule has 13 heteroatoms. The van der Waals surface area contributed by atoms with Crippen LogP contribution in [-0.4, -0.2) is 59.9 Å². The zero-order valence-electron chi connectivity index (χ0n) is 25.1. The van der Waals surface area contributed by atoms with Crippen molar-refractivity contribution in [2.24, 2.45) is 7.05 Å². The Kier molecular flexibility index (Phi) is 8.74. The van der Waals surface area contributed by atoms with Gasteiger partial charge < -0.3 is 30.2 Å². The monoisotopic (exact) mass is 599 g/mol. The normalized spacial score (nSPS) is 13.5. The Hall–Kier alpha value is -5.46. The molecule has 1 heterocycles. The molecule has 0 unspecified atom stereocenters. The number of carbonyl (C=O) groups is 2. The van der Waals surface area contributed by atoms with Crippen molar-refractivity contribution >= 4 is 23.2 Å². The molecule has 0 radical (unpaired) electrons. The highest BCUT2D eigenvalue weighted by molar-refractivity contribution is 5.94. The quantitative estimate of drug-likeness (QED) is 0.261. The Bertz CT molecular complexity index is 1790. The fourth-order valence-electron chi connectivity index (χ4n) is 5.37. The molecule has 44 heavy (non-hydrogen) atoms. The fourth-order valence-corrected chi connectivity index (χ4v) is 5.37. The Morgan fingerprint density at radius 1 is 1.02 bits per heavy atom. The van der Waals surface area contributed by atoms with Gasteiger partial charge in [-0.3, -0.25) is 14.4 Å². The first kappa shape index (κ1) is 30.0. The minimum atomic E-state index is -0.441. The molecule has 0 saturated heterocycles. The molecule has 2 amide bonds. The number of rotatable bonds is 9. The molecule has 5 rings (SSSR count). The van der Waals surface area contributed by atoms with Crippen molar-refractivity contribution in [3.63, 3.8) is 0 Å². The summed E-state index contributed by atoms with van der Waals surface area (Å²) in [7, 11) is 6.29. The molecule has 0 bridgehead atoms. The summed E-state index contributed by atoms with van der Waals surface area (Å²) in [6.45, 7) is 1.27. The molecule has 228 valence electrons. The van der Waals surface area contributed by atoms with Crippen LogP contribution in [0.4, 0.5) is 11.4 Å². The minimum Gasteiger partial charge on any atom is -0.493 e. The van der Waals surface area contributed by atoms with Gasteiger partial charge in [0.25, 0.3) is 0 Å². The molecule has 0 spiro atoms. The Morgan fingerprint density at radius 3 is 2.50 bits per heavy atom. The lowest BCUT2D eigenvalue weighted by atomic mass is 9.95. The third kappa shape index (κ3) is 6.16. The van der Waals surface area contributed by atoms with Gasteiger partial charge in [0.05, 0.1) is 46.7 Å². The number of methoxy groups -OCH3 is 3. The van der Waals surface area contributed by atoms with Crippen LogP contribution in [-0.2, 0) is 23.1 Å². The van der Waals surface area contributed by atoms with Crippen LogP contribution in [0.15, 0.2) is 53.3 Å². The molecular formula is C31H33N7O6. The van der Waals surface area contributed by atoms with E-state index in [0.717, 1.165) is 11.1 Å². The van der Waals surface area contributed by atoms with Crippen molar-refractivity contribution in [2.75, 3.05) is 38.5 Å². The lowest BCUT2D eigenvalue weighted by Crippen LogP contribution is -2.27. The maximum absolute atomic E-state index is 13.5. The summed E-state index contributed by atoms with van der Waals surface area (Å²) in [5, 5.41) is 20.8. The Morgan fingerprint density at radius 2 is 1.82 bits per heavy atom.